The Hall–Kier alpha value is -1.89. The molecule has 1 saturated carbocycles. The van der Waals surface area contributed by atoms with E-state index in [4.69, 9.17) is 0 Å². The second kappa shape index (κ2) is 9.35. The molecule has 1 heterocycles. The van der Waals surface area contributed by atoms with E-state index in [9.17, 15) is 9.18 Å². The van der Waals surface area contributed by atoms with Gasteiger partial charge in [0.1, 0.15) is 5.82 Å². The maximum atomic E-state index is 14.2. The molecule has 0 radical (unpaired) electrons. The number of benzene rings is 1. The van der Waals surface area contributed by atoms with Gasteiger partial charge in [-0.3, -0.25) is 4.79 Å². The summed E-state index contributed by atoms with van der Waals surface area (Å²) in [4.78, 5) is 12.3. The quantitative estimate of drug-likeness (QED) is 0.717. The molecule has 3 rings (SSSR count). The Balaban J connectivity index is 1.71. The summed E-state index contributed by atoms with van der Waals surface area (Å²) in [6.07, 6.45) is 5.77. The van der Waals surface area contributed by atoms with Gasteiger partial charge in [0.05, 0.1) is 11.3 Å². The van der Waals surface area contributed by atoms with Crippen molar-refractivity contribution < 1.29 is 9.18 Å². The van der Waals surface area contributed by atoms with Gasteiger partial charge in [-0.05, 0) is 30.9 Å². The van der Waals surface area contributed by atoms with Crippen LogP contribution in [-0.2, 0) is 11.3 Å². The summed E-state index contributed by atoms with van der Waals surface area (Å²) in [7, 11) is 0. The first kappa shape index (κ1) is 19.9. The largest absolute Gasteiger partial charge is 0.353 e. The number of thioether (sulfide) groups is 1. The number of nitrogens with zero attached hydrogens (tertiary/aromatic N) is 3. The number of hydrogen-bond acceptors (Lipinski definition) is 4. The molecule has 5 nitrogen and oxygen atoms in total. The van der Waals surface area contributed by atoms with Crippen LogP contribution in [0.4, 0.5) is 4.39 Å². The normalized spacial score (nSPS) is 15.3. The van der Waals surface area contributed by atoms with E-state index in [-0.39, 0.29) is 11.7 Å². The van der Waals surface area contributed by atoms with Gasteiger partial charge in [-0.25, -0.2) is 4.39 Å². The molecular formula is C20H27FN4OS. The summed E-state index contributed by atoms with van der Waals surface area (Å²) in [5.74, 6) is 0.864. The van der Waals surface area contributed by atoms with Gasteiger partial charge in [0.25, 0.3) is 0 Å². The Morgan fingerprint density at radius 1 is 1.26 bits per heavy atom. The maximum absolute atomic E-state index is 14.2. The van der Waals surface area contributed by atoms with E-state index in [1.54, 1.807) is 18.2 Å². The van der Waals surface area contributed by atoms with Crippen molar-refractivity contribution in [3.8, 4) is 11.4 Å². The lowest BCUT2D eigenvalue weighted by atomic mass is 9.95. The highest BCUT2D eigenvalue weighted by Crippen LogP contribution is 2.27. The molecule has 1 aromatic heterocycles. The van der Waals surface area contributed by atoms with Gasteiger partial charge in [-0.1, -0.05) is 57.0 Å². The highest BCUT2D eigenvalue weighted by molar-refractivity contribution is 7.99. The Kier molecular flexibility index (Phi) is 6.88. The highest BCUT2D eigenvalue weighted by atomic mass is 32.2. The summed E-state index contributed by atoms with van der Waals surface area (Å²) >= 11 is 1.36. The molecule has 0 aliphatic heterocycles. The predicted molar refractivity (Wildman–Crippen MR) is 106 cm³/mol. The van der Waals surface area contributed by atoms with Crippen LogP contribution in [0.3, 0.4) is 0 Å². The van der Waals surface area contributed by atoms with Crippen LogP contribution in [0.15, 0.2) is 29.4 Å². The van der Waals surface area contributed by atoms with E-state index in [0.717, 1.165) is 12.8 Å². The zero-order chi connectivity index (χ0) is 19.2. The molecule has 1 N–H and O–H groups in total. The Labute approximate surface area is 164 Å². The second-order valence-electron chi connectivity index (χ2n) is 7.48. The van der Waals surface area contributed by atoms with Crippen LogP contribution < -0.4 is 5.32 Å². The van der Waals surface area contributed by atoms with Crippen molar-refractivity contribution in [2.45, 2.75) is 63.7 Å². The van der Waals surface area contributed by atoms with Crippen molar-refractivity contribution in [3.05, 3.63) is 30.1 Å². The van der Waals surface area contributed by atoms with Gasteiger partial charge in [0.2, 0.25) is 5.91 Å². The summed E-state index contributed by atoms with van der Waals surface area (Å²) in [5.41, 5.74) is 0.434. The fourth-order valence-corrected chi connectivity index (χ4v) is 4.17. The second-order valence-corrected chi connectivity index (χ2v) is 8.42. The van der Waals surface area contributed by atoms with E-state index in [2.05, 4.69) is 29.4 Å². The Morgan fingerprint density at radius 3 is 2.70 bits per heavy atom. The van der Waals surface area contributed by atoms with Gasteiger partial charge in [0.15, 0.2) is 11.0 Å². The lowest BCUT2D eigenvalue weighted by Crippen LogP contribution is -2.37. The predicted octanol–water partition coefficient (Wildman–Crippen LogP) is 4.28. The van der Waals surface area contributed by atoms with Crippen LogP contribution in [0.2, 0.25) is 0 Å². The van der Waals surface area contributed by atoms with Crippen LogP contribution in [0.1, 0.15) is 46.0 Å². The summed E-state index contributed by atoms with van der Waals surface area (Å²) in [6, 6.07) is 6.88. The molecule has 0 unspecified atom stereocenters. The van der Waals surface area contributed by atoms with Crippen LogP contribution >= 0.6 is 11.8 Å². The number of halogens is 1. The van der Waals surface area contributed by atoms with Crippen LogP contribution in [-0.4, -0.2) is 32.5 Å². The zero-order valence-electron chi connectivity index (χ0n) is 15.9. The molecule has 1 aliphatic rings. The monoisotopic (exact) mass is 390 g/mol. The van der Waals surface area contributed by atoms with Crippen molar-refractivity contribution in [1.82, 2.24) is 20.1 Å². The third-order valence-electron chi connectivity index (χ3n) is 4.68. The number of rotatable bonds is 7. The first-order chi connectivity index (χ1) is 13.0. The first-order valence-corrected chi connectivity index (χ1v) is 10.6. The van der Waals surface area contributed by atoms with Crippen LogP contribution in [0.25, 0.3) is 11.4 Å². The van der Waals surface area contributed by atoms with E-state index < -0.39 is 0 Å². The zero-order valence-corrected chi connectivity index (χ0v) is 16.8. The number of amides is 1. The average molecular weight is 391 g/mol. The van der Waals surface area contributed by atoms with Crippen LogP contribution in [0, 0.1) is 11.7 Å². The average Bonchev–Trinajstić information content (AvgIpc) is 3.03. The lowest BCUT2D eigenvalue weighted by Gasteiger charge is -2.22. The van der Waals surface area contributed by atoms with E-state index >= 15 is 0 Å². The molecule has 2 aromatic rings. The van der Waals surface area contributed by atoms with E-state index in [1.165, 1.54) is 37.1 Å². The van der Waals surface area contributed by atoms with Gasteiger partial charge in [0, 0.05) is 12.6 Å². The van der Waals surface area contributed by atoms with Crippen LogP contribution in [0.5, 0.6) is 0 Å². The number of carbonyl (C=O) groups excluding carboxylic acids is 1. The molecule has 1 aromatic carbocycles. The van der Waals surface area contributed by atoms with E-state index in [0.29, 0.717) is 40.8 Å². The first-order valence-electron chi connectivity index (χ1n) is 9.65. The van der Waals surface area contributed by atoms with Crippen molar-refractivity contribution >= 4 is 17.7 Å². The lowest BCUT2D eigenvalue weighted by molar-refractivity contribution is -0.119. The third kappa shape index (κ3) is 5.31. The molecule has 0 bridgehead atoms. The highest BCUT2D eigenvalue weighted by Gasteiger charge is 2.20. The molecule has 1 fully saturated rings. The van der Waals surface area contributed by atoms with Gasteiger partial charge < -0.3 is 9.88 Å². The smallest absolute Gasteiger partial charge is 0.230 e. The SMILES string of the molecule is CC(C)Cn1c(SCC(=O)NC2CCCCC2)nnc1-c1ccccc1F. The third-order valence-corrected chi connectivity index (χ3v) is 5.65. The van der Waals surface area contributed by atoms with Crippen molar-refractivity contribution in [2.24, 2.45) is 5.92 Å². The van der Waals surface area contributed by atoms with Crippen molar-refractivity contribution in [1.29, 1.82) is 0 Å². The molecule has 27 heavy (non-hydrogen) atoms. The molecule has 7 heteroatoms. The minimum Gasteiger partial charge on any atom is -0.353 e. The summed E-state index contributed by atoms with van der Waals surface area (Å²) < 4.78 is 16.1. The van der Waals surface area contributed by atoms with Crippen molar-refractivity contribution in [2.75, 3.05) is 5.75 Å². The van der Waals surface area contributed by atoms with Crippen molar-refractivity contribution in [3.63, 3.8) is 0 Å². The standard InChI is InChI=1S/C20H27FN4OS/c1-14(2)12-25-19(16-10-6-7-11-17(16)21)23-24-20(25)27-13-18(26)22-15-8-4-3-5-9-15/h6-7,10-11,14-15H,3-5,8-9,12-13H2,1-2H3,(H,22,26). The number of hydrogen-bond donors (Lipinski definition) is 1. The Morgan fingerprint density at radius 2 is 2.00 bits per heavy atom. The molecule has 146 valence electrons. The molecular weight excluding hydrogens is 363 g/mol. The maximum Gasteiger partial charge on any atom is 0.230 e. The number of aromatic nitrogens is 3. The summed E-state index contributed by atoms with van der Waals surface area (Å²) in [5, 5.41) is 12.2. The minimum atomic E-state index is -0.318. The fraction of sp³-hybridized carbons (Fsp3) is 0.550. The molecule has 0 spiro atoms. The fourth-order valence-electron chi connectivity index (χ4n) is 3.41. The minimum absolute atomic E-state index is 0.0263. The molecule has 0 atom stereocenters. The molecule has 1 amide bonds. The summed E-state index contributed by atoms with van der Waals surface area (Å²) in [6.45, 7) is 4.86. The number of carbonyl (C=O) groups is 1. The van der Waals surface area contributed by atoms with Gasteiger partial charge >= 0.3 is 0 Å². The topological polar surface area (TPSA) is 59.8 Å². The van der Waals surface area contributed by atoms with Gasteiger partial charge in [-0.2, -0.15) is 0 Å². The van der Waals surface area contributed by atoms with Gasteiger partial charge in [-0.15, -0.1) is 10.2 Å². The molecule has 0 saturated heterocycles. The van der Waals surface area contributed by atoms with E-state index in [1.807, 2.05) is 4.57 Å². The molecule has 1 aliphatic carbocycles. The number of nitrogens with one attached hydrogen (secondary N) is 1. The Bertz CT molecular complexity index is 771.